The standard InChI is InChI=1S/C9H12F2N2O2S/c1-12-5-6-7(10)3-4-8(9(6)11)16(14,15)13-2/h3-4,12-13H,5H2,1-2H3. The minimum absolute atomic E-state index is 0.0786. The topological polar surface area (TPSA) is 58.2 Å². The van der Waals surface area contributed by atoms with Crippen molar-refractivity contribution in [3.05, 3.63) is 29.3 Å². The minimum atomic E-state index is -3.91. The van der Waals surface area contributed by atoms with E-state index in [1.807, 2.05) is 4.72 Å². The van der Waals surface area contributed by atoms with E-state index in [1.165, 1.54) is 7.05 Å². The van der Waals surface area contributed by atoms with Gasteiger partial charge in [-0.1, -0.05) is 0 Å². The molecule has 1 aromatic carbocycles. The maximum absolute atomic E-state index is 13.7. The van der Waals surface area contributed by atoms with Gasteiger partial charge in [-0.15, -0.1) is 0 Å². The van der Waals surface area contributed by atoms with Crippen molar-refractivity contribution < 1.29 is 17.2 Å². The first-order valence-electron chi connectivity index (χ1n) is 4.49. The van der Waals surface area contributed by atoms with Gasteiger partial charge in [0.15, 0.2) is 5.82 Å². The normalized spacial score (nSPS) is 11.8. The highest BCUT2D eigenvalue weighted by Crippen LogP contribution is 2.20. The summed E-state index contributed by atoms with van der Waals surface area (Å²) in [6.45, 7) is -0.0786. The summed E-state index contributed by atoms with van der Waals surface area (Å²) in [5.41, 5.74) is -0.293. The number of nitrogens with one attached hydrogen (secondary N) is 2. The van der Waals surface area contributed by atoms with E-state index < -0.39 is 26.6 Å². The van der Waals surface area contributed by atoms with Gasteiger partial charge < -0.3 is 5.32 Å². The first-order valence-corrected chi connectivity index (χ1v) is 5.97. The van der Waals surface area contributed by atoms with E-state index in [-0.39, 0.29) is 12.1 Å². The SMILES string of the molecule is CNCc1c(F)ccc(S(=O)(=O)NC)c1F. The fourth-order valence-electron chi connectivity index (χ4n) is 1.23. The molecule has 2 N–H and O–H groups in total. The molecule has 0 radical (unpaired) electrons. The Morgan fingerprint density at radius 2 is 1.88 bits per heavy atom. The van der Waals surface area contributed by atoms with Crippen molar-refractivity contribution in [1.82, 2.24) is 10.0 Å². The first-order chi connectivity index (χ1) is 7.44. The third-order valence-corrected chi connectivity index (χ3v) is 3.49. The van der Waals surface area contributed by atoms with Gasteiger partial charge in [0.05, 0.1) is 0 Å². The van der Waals surface area contributed by atoms with E-state index in [1.54, 1.807) is 0 Å². The summed E-state index contributed by atoms with van der Waals surface area (Å²) in [4.78, 5) is -0.554. The van der Waals surface area contributed by atoms with Crippen LogP contribution in [0.2, 0.25) is 0 Å². The summed E-state index contributed by atoms with van der Waals surface area (Å²) in [6.07, 6.45) is 0. The highest BCUT2D eigenvalue weighted by Gasteiger charge is 2.21. The van der Waals surface area contributed by atoms with Crippen molar-refractivity contribution in [2.45, 2.75) is 11.4 Å². The third-order valence-electron chi connectivity index (χ3n) is 2.06. The van der Waals surface area contributed by atoms with Crippen LogP contribution in [0.1, 0.15) is 5.56 Å². The molecule has 0 saturated heterocycles. The fraction of sp³-hybridized carbons (Fsp3) is 0.333. The van der Waals surface area contributed by atoms with Crippen LogP contribution in [-0.2, 0) is 16.6 Å². The van der Waals surface area contributed by atoms with E-state index in [0.717, 1.165) is 19.2 Å². The Kier molecular flexibility index (Phi) is 3.95. The van der Waals surface area contributed by atoms with Gasteiger partial charge in [-0.3, -0.25) is 0 Å². The fourth-order valence-corrected chi connectivity index (χ4v) is 2.06. The van der Waals surface area contributed by atoms with Gasteiger partial charge in [0.2, 0.25) is 10.0 Å². The number of sulfonamides is 1. The number of halogens is 2. The van der Waals surface area contributed by atoms with Gasteiger partial charge in [0.25, 0.3) is 0 Å². The lowest BCUT2D eigenvalue weighted by atomic mass is 10.2. The van der Waals surface area contributed by atoms with Crippen molar-refractivity contribution in [1.29, 1.82) is 0 Å². The molecule has 90 valence electrons. The van der Waals surface area contributed by atoms with Crippen LogP contribution >= 0.6 is 0 Å². The van der Waals surface area contributed by atoms with E-state index >= 15 is 0 Å². The average Bonchev–Trinajstić information content (AvgIpc) is 2.23. The molecular weight excluding hydrogens is 238 g/mol. The molecule has 0 aliphatic carbocycles. The Balaban J connectivity index is 3.40. The second-order valence-corrected chi connectivity index (χ2v) is 4.93. The summed E-state index contributed by atoms with van der Waals surface area (Å²) in [5, 5.41) is 2.57. The summed E-state index contributed by atoms with van der Waals surface area (Å²) in [7, 11) is -1.23. The number of rotatable bonds is 4. The van der Waals surface area contributed by atoms with Gasteiger partial charge in [-0.25, -0.2) is 21.9 Å². The van der Waals surface area contributed by atoms with Crippen molar-refractivity contribution in [3.63, 3.8) is 0 Å². The van der Waals surface area contributed by atoms with Crippen LogP contribution < -0.4 is 10.0 Å². The van der Waals surface area contributed by atoms with E-state index in [4.69, 9.17) is 0 Å². The lowest BCUT2D eigenvalue weighted by Crippen LogP contribution is -2.21. The predicted octanol–water partition coefficient (Wildman–Crippen LogP) is 0.592. The molecule has 4 nitrogen and oxygen atoms in total. The van der Waals surface area contributed by atoms with Crippen molar-refractivity contribution >= 4 is 10.0 Å². The lowest BCUT2D eigenvalue weighted by Gasteiger charge is -2.09. The average molecular weight is 250 g/mol. The van der Waals surface area contributed by atoms with Crippen LogP contribution in [0.25, 0.3) is 0 Å². The molecule has 7 heteroatoms. The molecule has 0 aliphatic heterocycles. The molecule has 0 atom stereocenters. The van der Waals surface area contributed by atoms with E-state index in [9.17, 15) is 17.2 Å². The monoisotopic (exact) mass is 250 g/mol. The highest BCUT2D eigenvalue weighted by molar-refractivity contribution is 7.89. The highest BCUT2D eigenvalue weighted by atomic mass is 32.2. The van der Waals surface area contributed by atoms with Crippen LogP contribution in [0.15, 0.2) is 17.0 Å². The van der Waals surface area contributed by atoms with Gasteiger partial charge in [-0.2, -0.15) is 0 Å². The van der Waals surface area contributed by atoms with Crippen LogP contribution in [0.4, 0.5) is 8.78 Å². The Morgan fingerprint density at radius 1 is 1.25 bits per heavy atom. The molecule has 1 rings (SSSR count). The zero-order valence-electron chi connectivity index (χ0n) is 8.84. The van der Waals surface area contributed by atoms with Crippen molar-refractivity contribution in [2.75, 3.05) is 14.1 Å². The van der Waals surface area contributed by atoms with Gasteiger partial charge in [0, 0.05) is 12.1 Å². The molecule has 0 unspecified atom stereocenters. The molecule has 16 heavy (non-hydrogen) atoms. The molecular formula is C9H12F2N2O2S. The quantitative estimate of drug-likeness (QED) is 0.822. The van der Waals surface area contributed by atoms with Crippen LogP contribution in [0, 0.1) is 11.6 Å². The number of benzene rings is 1. The molecule has 0 saturated carbocycles. The van der Waals surface area contributed by atoms with Gasteiger partial charge >= 0.3 is 0 Å². The summed E-state index contributed by atoms with van der Waals surface area (Å²) in [6, 6.07) is 1.83. The molecule has 0 heterocycles. The maximum Gasteiger partial charge on any atom is 0.243 e. The van der Waals surface area contributed by atoms with E-state index in [0.29, 0.717) is 0 Å². The zero-order valence-corrected chi connectivity index (χ0v) is 9.66. The molecule has 0 bridgehead atoms. The predicted molar refractivity (Wildman–Crippen MR) is 55.4 cm³/mol. The molecule has 0 fully saturated rings. The molecule has 0 spiro atoms. The Labute approximate surface area is 92.7 Å². The minimum Gasteiger partial charge on any atom is -0.315 e. The Morgan fingerprint density at radius 3 is 2.38 bits per heavy atom. The summed E-state index contributed by atoms with van der Waals surface area (Å²) >= 11 is 0. The largest absolute Gasteiger partial charge is 0.315 e. The number of hydrogen-bond acceptors (Lipinski definition) is 3. The smallest absolute Gasteiger partial charge is 0.243 e. The molecule has 0 amide bonds. The third kappa shape index (κ3) is 2.37. The number of hydrogen-bond donors (Lipinski definition) is 2. The van der Waals surface area contributed by atoms with E-state index in [2.05, 4.69) is 5.32 Å². The molecule has 0 aromatic heterocycles. The Bertz CT molecular complexity index is 489. The van der Waals surface area contributed by atoms with Crippen molar-refractivity contribution in [2.24, 2.45) is 0 Å². The van der Waals surface area contributed by atoms with Gasteiger partial charge in [-0.05, 0) is 26.2 Å². The van der Waals surface area contributed by atoms with Crippen molar-refractivity contribution in [3.8, 4) is 0 Å². The molecule has 0 aliphatic rings. The summed E-state index contributed by atoms with van der Waals surface area (Å²) in [5.74, 6) is -1.84. The zero-order chi connectivity index (χ0) is 12.3. The first kappa shape index (κ1) is 13.0. The van der Waals surface area contributed by atoms with Crippen LogP contribution in [0.3, 0.4) is 0 Å². The van der Waals surface area contributed by atoms with Crippen LogP contribution in [-0.4, -0.2) is 22.5 Å². The van der Waals surface area contributed by atoms with Gasteiger partial charge in [0.1, 0.15) is 10.7 Å². The maximum atomic E-state index is 13.7. The lowest BCUT2D eigenvalue weighted by molar-refractivity contribution is 0.519. The second-order valence-electron chi connectivity index (χ2n) is 3.08. The second kappa shape index (κ2) is 4.86. The van der Waals surface area contributed by atoms with Crippen LogP contribution in [0.5, 0.6) is 0 Å². The molecule has 1 aromatic rings. The Hall–Kier alpha value is -1.05. The summed E-state index contributed by atoms with van der Waals surface area (Å²) < 4.78 is 51.7.